The second-order valence-electron chi connectivity index (χ2n) is 8.31. The van der Waals surface area contributed by atoms with E-state index in [0.717, 1.165) is 50.8 Å². The fourth-order valence-corrected chi connectivity index (χ4v) is 4.85. The Morgan fingerprint density at radius 3 is 2.73 bits per heavy atom. The molecule has 0 saturated heterocycles. The Bertz CT molecular complexity index is 1490. The van der Waals surface area contributed by atoms with Crippen LogP contribution in [0.2, 0.25) is 0 Å². The molecule has 7 nitrogen and oxygen atoms in total. The predicted octanol–water partition coefficient (Wildman–Crippen LogP) is 5.05. The molecule has 1 aliphatic carbocycles. The molecule has 164 valence electrons. The summed E-state index contributed by atoms with van der Waals surface area (Å²) in [6, 6.07) is 16.0. The Balaban J connectivity index is 1.27. The molecule has 8 heteroatoms. The molecule has 33 heavy (non-hydrogen) atoms. The van der Waals surface area contributed by atoms with E-state index in [9.17, 15) is 9.59 Å². The fraction of sp³-hybridized carbons (Fsp3) is 0.160. The summed E-state index contributed by atoms with van der Waals surface area (Å²) < 4.78 is 1.01. The van der Waals surface area contributed by atoms with Crippen molar-refractivity contribution in [2.45, 2.75) is 19.4 Å². The molecule has 6 rings (SSSR count). The summed E-state index contributed by atoms with van der Waals surface area (Å²) in [4.78, 5) is 35.7. The van der Waals surface area contributed by atoms with Gasteiger partial charge in [-0.2, -0.15) is 0 Å². The molecule has 0 aliphatic heterocycles. The number of aromatic nitrogens is 3. The second kappa shape index (κ2) is 7.90. The largest absolute Gasteiger partial charge is 0.364 e. The van der Waals surface area contributed by atoms with Gasteiger partial charge in [0.1, 0.15) is 0 Å². The summed E-state index contributed by atoms with van der Waals surface area (Å²) in [6.45, 7) is 0.444. The summed E-state index contributed by atoms with van der Waals surface area (Å²) in [5.41, 5.74) is 5.39. The molecule has 5 aromatic rings. The van der Waals surface area contributed by atoms with Crippen molar-refractivity contribution in [1.29, 1.82) is 0 Å². The lowest BCUT2D eigenvalue weighted by molar-refractivity contribution is -0.117. The lowest BCUT2D eigenvalue weighted by Crippen LogP contribution is -2.22. The summed E-state index contributed by atoms with van der Waals surface area (Å²) in [5.74, 6) is 0.0890. The minimum atomic E-state index is -0.123. The van der Waals surface area contributed by atoms with Gasteiger partial charge in [0.05, 0.1) is 22.3 Å². The van der Waals surface area contributed by atoms with E-state index in [2.05, 4.69) is 31.7 Å². The molecular weight excluding hydrogens is 434 g/mol. The first-order valence-corrected chi connectivity index (χ1v) is 11.7. The van der Waals surface area contributed by atoms with Crippen molar-refractivity contribution < 1.29 is 9.59 Å². The van der Waals surface area contributed by atoms with Gasteiger partial charge in [-0.05, 0) is 60.4 Å². The van der Waals surface area contributed by atoms with E-state index >= 15 is 0 Å². The van der Waals surface area contributed by atoms with E-state index in [0.29, 0.717) is 17.2 Å². The second-order valence-corrected chi connectivity index (χ2v) is 9.34. The van der Waals surface area contributed by atoms with Crippen LogP contribution in [0.3, 0.4) is 0 Å². The van der Waals surface area contributed by atoms with Crippen LogP contribution in [0.4, 0.5) is 5.13 Å². The van der Waals surface area contributed by atoms with Gasteiger partial charge < -0.3 is 20.6 Å². The Morgan fingerprint density at radius 1 is 1.06 bits per heavy atom. The number of aromatic amines is 2. The number of amides is 2. The normalized spacial score (nSPS) is 13.5. The number of hydrogen-bond acceptors (Lipinski definition) is 4. The van der Waals surface area contributed by atoms with Crippen molar-refractivity contribution in [3.05, 3.63) is 72.2 Å². The predicted molar refractivity (Wildman–Crippen MR) is 130 cm³/mol. The smallest absolute Gasteiger partial charge is 0.253 e. The van der Waals surface area contributed by atoms with Gasteiger partial charge in [-0.3, -0.25) is 9.59 Å². The lowest BCUT2D eigenvalue weighted by Gasteiger charge is -2.05. The van der Waals surface area contributed by atoms with E-state index in [1.807, 2.05) is 48.7 Å². The first-order valence-electron chi connectivity index (χ1n) is 10.9. The minimum Gasteiger partial charge on any atom is -0.364 e. The summed E-state index contributed by atoms with van der Waals surface area (Å²) >= 11 is 1.48. The lowest BCUT2D eigenvalue weighted by atomic mass is 10.0. The number of fused-ring (bicyclic) bond motifs is 2. The van der Waals surface area contributed by atoms with Gasteiger partial charge >= 0.3 is 0 Å². The van der Waals surface area contributed by atoms with Gasteiger partial charge in [0.15, 0.2) is 5.13 Å². The highest BCUT2D eigenvalue weighted by atomic mass is 32.1. The molecule has 0 radical (unpaired) electrons. The molecule has 0 unspecified atom stereocenters. The molecule has 3 heterocycles. The van der Waals surface area contributed by atoms with Crippen molar-refractivity contribution in [3.8, 4) is 11.1 Å². The number of nitrogens with zero attached hydrogens (tertiary/aromatic N) is 1. The summed E-state index contributed by atoms with van der Waals surface area (Å²) in [5, 5.41) is 7.41. The van der Waals surface area contributed by atoms with Crippen LogP contribution in [0.1, 0.15) is 28.9 Å². The molecule has 0 bridgehead atoms. The first-order chi connectivity index (χ1) is 16.1. The quantitative estimate of drug-likeness (QED) is 0.288. The van der Waals surface area contributed by atoms with Gasteiger partial charge in [0, 0.05) is 34.9 Å². The molecule has 0 atom stereocenters. The minimum absolute atomic E-state index is 0.0641. The number of rotatable bonds is 6. The van der Waals surface area contributed by atoms with Crippen molar-refractivity contribution in [1.82, 2.24) is 20.3 Å². The summed E-state index contributed by atoms with van der Waals surface area (Å²) in [6.07, 6.45) is 5.52. The van der Waals surface area contributed by atoms with Gasteiger partial charge in [-0.25, -0.2) is 4.98 Å². The molecule has 1 fully saturated rings. The third kappa shape index (κ3) is 3.89. The number of hydrogen-bond donors (Lipinski definition) is 4. The Morgan fingerprint density at radius 2 is 1.91 bits per heavy atom. The number of anilines is 1. The zero-order valence-corrected chi connectivity index (χ0v) is 18.5. The number of carbonyl (C=O) groups is 2. The Labute approximate surface area is 193 Å². The van der Waals surface area contributed by atoms with Gasteiger partial charge in [0.25, 0.3) is 5.91 Å². The van der Waals surface area contributed by atoms with E-state index in [1.54, 1.807) is 6.20 Å². The Kier molecular flexibility index (Phi) is 4.73. The molecule has 1 aliphatic rings. The fourth-order valence-electron chi connectivity index (χ4n) is 3.95. The van der Waals surface area contributed by atoms with Crippen molar-refractivity contribution in [3.63, 3.8) is 0 Å². The molecule has 0 spiro atoms. The highest BCUT2D eigenvalue weighted by Crippen LogP contribution is 2.34. The van der Waals surface area contributed by atoms with Crippen LogP contribution in [0.15, 0.2) is 60.9 Å². The van der Waals surface area contributed by atoms with Gasteiger partial charge in [-0.1, -0.05) is 23.5 Å². The van der Waals surface area contributed by atoms with Crippen LogP contribution in [-0.4, -0.2) is 26.8 Å². The SMILES string of the molecule is O=C(NCc1ccc[nH]1)c1c[nH]c2ccc(-c3ccc4nc(NC(=O)C5CC5)sc4c3)cc12. The van der Waals surface area contributed by atoms with Crippen molar-refractivity contribution in [2.24, 2.45) is 5.92 Å². The van der Waals surface area contributed by atoms with Gasteiger partial charge in [0.2, 0.25) is 5.91 Å². The standard InChI is InChI=1S/C25H21N5O2S/c31-23(14-3-4-14)30-25-29-21-8-6-16(11-22(21)33-25)15-5-7-20-18(10-15)19(13-27-20)24(32)28-12-17-2-1-9-26-17/h1-2,5-11,13-14,26-27H,3-4,12H2,(H,28,32)(H,29,30,31). The number of nitrogens with one attached hydrogen (secondary N) is 4. The van der Waals surface area contributed by atoms with Crippen molar-refractivity contribution >= 4 is 49.4 Å². The van der Waals surface area contributed by atoms with E-state index in [4.69, 9.17) is 0 Å². The first kappa shape index (κ1) is 19.8. The van der Waals surface area contributed by atoms with Crippen LogP contribution < -0.4 is 10.6 Å². The maximum absolute atomic E-state index is 12.8. The third-order valence-corrected chi connectivity index (χ3v) is 6.86. The average Bonchev–Trinajstić information content (AvgIpc) is 3.21. The number of H-pyrrole nitrogens is 2. The zero-order valence-electron chi connectivity index (χ0n) is 17.6. The van der Waals surface area contributed by atoms with Crippen LogP contribution >= 0.6 is 11.3 Å². The number of benzene rings is 2. The molecule has 4 N–H and O–H groups in total. The maximum Gasteiger partial charge on any atom is 0.253 e. The monoisotopic (exact) mass is 455 g/mol. The highest BCUT2D eigenvalue weighted by Gasteiger charge is 2.30. The van der Waals surface area contributed by atoms with E-state index in [1.165, 1.54) is 11.3 Å². The maximum atomic E-state index is 12.8. The molecule has 2 aromatic carbocycles. The average molecular weight is 456 g/mol. The highest BCUT2D eigenvalue weighted by molar-refractivity contribution is 7.22. The molecule has 1 saturated carbocycles. The number of thiazole rings is 1. The topological polar surface area (TPSA) is 103 Å². The number of carbonyl (C=O) groups excluding carboxylic acids is 2. The Hall–Kier alpha value is -3.91. The molecular formula is C25H21N5O2S. The molecule has 2 amide bonds. The van der Waals surface area contributed by atoms with Crippen molar-refractivity contribution in [2.75, 3.05) is 5.32 Å². The third-order valence-electron chi connectivity index (χ3n) is 5.93. The summed E-state index contributed by atoms with van der Waals surface area (Å²) in [7, 11) is 0. The van der Waals surface area contributed by atoms with Gasteiger partial charge in [-0.15, -0.1) is 0 Å². The van der Waals surface area contributed by atoms with E-state index in [-0.39, 0.29) is 17.7 Å². The van der Waals surface area contributed by atoms with E-state index < -0.39 is 0 Å². The van der Waals surface area contributed by atoms with Crippen LogP contribution in [0, 0.1) is 5.92 Å². The molecule has 3 aromatic heterocycles. The van der Waals surface area contributed by atoms with Crippen LogP contribution in [0.5, 0.6) is 0 Å². The zero-order chi connectivity index (χ0) is 22.4. The van der Waals surface area contributed by atoms with Crippen LogP contribution in [-0.2, 0) is 11.3 Å². The van der Waals surface area contributed by atoms with Crippen LogP contribution in [0.25, 0.3) is 32.2 Å².